The highest BCUT2D eigenvalue weighted by atomic mass is 16.5. The average Bonchev–Trinajstić information content (AvgIpc) is 2.05. The maximum atomic E-state index is 11.0. The van der Waals surface area contributed by atoms with Gasteiger partial charge in [-0.3, -0.25) is 0 Å². The van der Waals surface area contributed by atoms with Crippen LogP contribution in [0, 0.1) is 0 Å². The number of esters is 2. The van der Waals surface area contributed by atoms with Crippen molar-refractivity contribution in [3.63, 3.8) is 0 Å². The normalized spacial score (nSPS) is 10.8. The molecule has 0 N–H and O–H groups in total. The lowest BCUT2D eigenvalue weighted by atomic mass is 10.3. The first-order valence-corrected chi connectivity index (χ1v) is 4.14. The molecule has 74 valence electrons. The summed E-state index contributed by atoms with van der Waals surface area (Å²) in [6.45, 7) is 5.51. The molecule has 0 aliphatic carbocycles. The zero-order valence-electron chi connectivity index (χ0n) is 8.12. The molecule has 0 aliphatic heterocycles. The predicted octanol–water partition coefficient (Wildman–Crippen LogP) is 1.06. The van der Waals surface area contributed by atoms with Gasteiger partial charge in [0, 0.05) is 11.6 Å². The van der Waals surface area contributed by atoms with Crippen molar-refractivity contribution in [2.24, 2.45) is 0 Å². The molecule has 0 fully saturated rings. The fourth-order valence-corrected chi connectivity index (χ4v) is 0.665. The Kier molecular flexibility index (Phi) is 5.59. The lowest BCUT2D eigenvalue weighted by Gasteiger charge is -2.01. The highest BCUT2D eigenvalue weighted by molar-refractivity contribution is 5.95. The van der Waals surface area contributed by atoms with Crippen LogP contribution in [0.3, 0.4) is 0 Å². The van der Waals surface area contributed by atoms with Crippen LogP contribution < -0.4 is 0 Å². The van der Waals surface area contributed by atoms with Gasteiger partial charge in [0.1, 0.15) is 0 Å². The molecule has 0 aromatic rings. The van der Waals surface area contributed by atoms with Crippen LogP contribution in [0.4, 0.5) is 0 Å². The number of carbonyl (C=O) groups is 2. The third kappa shape index (κ3) is 5.00. The molecular formula is C9H14O4. The zero-order valence-corrected chi connectivity index (χ0v) is 8.12. The highest BCUT2D eigenvalue weighted by Crippen LogP contribution is 1.97. The molecule has 0 saturated heterocycles. The number of hydrogen-bond acceptors (Lipinski definition) is 4. The molecule has 0 saturated carbocycles. The minimum atomic E-state index is -0.520. The molecule has 0 spiro atoms. The first-order chi connectivity index (χ1) is 6.11. The Hall–Kier alpha value is -1.32. The second-order valence-corrected chi connectivity index (χ2v) is 2.30. The summed E-state index contributed by atoms with van der Waals surface area (Å²) in [4.78, 5) is 21.8. The van der Waals surface area contributed by atoms with E-state index < -0.39 is 11.9 Å². The quantitative estimate of drug-likeness (QED) is 0.486. The van der Waals surface area contributed by atoms with Crippen LogP contribution in [-0.4, -0.2) is 25.2 Å². The SMILES string of the molecule is CCOC(=O)/C=C(\C)C(=O)OCC. The largest absolute Gasteiger partial charge is 0.463 e. The average molecular weight is 186 g/mol. The monoisotopic (exact) mass is 186 g/mol. The molecule has 0 aromatic heterocycles. The van der Waals surface area contributed by atoms with Crippen LogP contribution in [0.5, 0.6) is 0 Å². The molecule has 0 aromatic carbocycles. The highest BCUT2D eigenvalue weighted by Gasteiger charge is 2.06. The van der Waals surface area contributed by atoms with E-state index in [1.807, 2.05) is 0 Å². The van der Waals surface area contributed by atoms with Crippen molar-refractivity contribution in [3.8, 4) is 0 Å². The Morgan fingerprint density at radius 1 is 1.15 bits per heavy atom. The van der Waals surface area contributed by atoms with Crippen molar-refractivity contribution >= 4 is 11.9 Å². The van der Waals surface area contributed by atoms with Crippen LogP contribution in [0.1, 0.15) is 20.8 Å². The van der Waals surface area contributed by atoms with Gasteiger partial charge in [-0.2, -0.15) is 0 Å². The van der Waals surface area contributed by atoms with Gasteiger partial charge < -0.3 is 9.47 Å². The van der Waals surface area contributed by atoms with E-state index in [0.29, 0.717) is 13.2 Å². The number of carbonyl (C=O) groups excluding carboxylic acids is 2. The number of ether oxygens (including phenoxy) is 2. The topological polar surface area (TPSA) is 52.6 Å². The van der Waals surface area contributed by atoms with Crippen molar-refractivity contribution in [2.75, 3.05) is 13.2 Å². The Bertz CT molecular complexity index is 218. The van der Waals surface area contributed by atoms with Crippen molar-refractivity contribution in [2.45, 2.75) is 20.8 Å². The maximum Gasteiger partial charge on any atom is 0.333 e. The predicted molar refractivity (Wildman–Crippen MR) is 47.0 cm³/mol. The molecule has 4 nitrogen and oxygen atoms in total. The molecule has 0 atom stereocenters. The Balaban J connectivity index is 4.14. The standard InChI is InChI=1S/C9H14O4/c1-4-12-8(10)6-7(3)9(11)13-5-2/h6H,4-5H2,1-3H3/b7-6+. The van der Waals surface area contributed by atoms with E-state index in [0.717, 1.165) is 6.08 Å². The summed E-state index contributed by atoms with van der Waals surface area (Å²) in [6.07, 6.45) is 1.13. The van der Waals surface area contributed by atoms with Crippen LogP contribution in [-0.2, 0) is 19.1 Å². The Labute approximate surface area is 77.5 Å². The lowest BCUT2D eigenvalue weighted by Crippen LogP contribution is -2.08. The smallest absolute Gasteiger partial charge is 0.333 e. The van der Waals surface area contributed by atoms with Gasteiger partial charge in [0.15, 0.2) is 0 Å². The van der Waals surface area contributed by atoms with Crippen LogP contribution in [0.2, 0.25) is 0 Å². The third-order valence-corrected chi connectivity index (χ3v) is 1.22. The first kappa shape index (κ1) is 11.7. The summed E-state index contributed by atoms with van der Waals surface area (Å²) in [5, 5.41) is 0. The van der Waals surface area contributed by atoms with E-state index in [4.69, 9.17) is 0 Å². The first-order valence-electron chi connectivity index (χ1n) is 4.14. The van der Waals surface area contributed by atoms with E-state index in [1.54, 1.807) is 13.8 Å². The van der Waals surface area contributed by atoms with Gasteiger partial charge in [-0.15, -0.1) is 0 Å². The minimum absolute atomic E-state index is 0.250. The summed E-state index contributed by atoms with van der Waals surface area (Å²) >= 11 is 0. The molecule has 0 bridgehead atoms. The molecule has 0 heterocycles. The molecule has 0 radical (unpaired) electrons. The molecule has 0 rings (SSSR count). The Morgan fingerprint density at radius 2 is 1.69 bits per heavy atom. The van der Waals surface area contributed by atoms with Gasteiger partial charge in [0.2, 0.25) is 0 Å². The third-order valence-electron chi connectivity index (χ3n) is 1.22. The lowest BCUT2D eigenvalue weighted by molar-refractivity contribution is -0.140. The van der Waals surface area contributed by atoms with E-state index in [9.17, 15) is 9.59 Å². The fourth-order valence-electron chi connectivity index (χ4n) is 0.665. The maximum absolute atomic E-state index is 11.0. The molecule has 13 heavy (non-hydrogen) atoms. The van der Waals surface area contributed by atoms with Gasteiger partial charge in [-0.05, 0) is 20.8 Å². The van der Waals surface area contributed by atoms with Gasteiger partial charge in [0.25, 0.3) is 0 Å². The second-order valence-electron chi connectivity index (χ2n) is 2.30. The van der Waals surface area contributed by atoms with Gasteiger partial charge in [0.05, 0.1) is 13.2 Å². The van der Waals surface area contributed by atoms with Gasteiger partial charge >= 0.3 is 11.9 Å². The number of hydrogen-bond donors (Lipinski definition) is 0. The minimum Gasteiger partial charge on any atom is -0.463 e. The molecule has 4 heteroatoms. The molecule has 0 aliphatic rings. The molecular weight excluding hydrogens is 172 g/mol. The van der Waals surface area contributed by atoms with E-state index in [1.165, 1.54) is 6.92 Å². The second kappa shape index (κ2) is 6.22. The van der Waals surface area contributed by atoms with E-state index in [2.05, 4.69) is 9.47 Å². The summed E-state index contributed by atoms with van der Waals surface area (Å²) in [6, 6.07) is 0. The molecule has 0 amide bonds. The Morgan fingerprint density at radius 3 is 2.15 bits per heavy atom. The summed E-state index contributed by atoms with van der Waals surface area (Å²) in [5.74, 6) is -1.01. The van der Waals surface area contributed by atoms with E-state index >= 15 is 0 Å². The summed E-state index contributed by atoms with van der Waals surface area (Å²) < 4.78 is 9.29. The molecule has 0 unspecified atom stereocenters. The van der Waals surface area contributed by atoms with Gasteiger partial charge in [-0.1, -0.05) is 0 Å². The van der Waals surface area contributed by atoms with Crippen LogP contribution >= 0.6 is 0 Å². The van der Waals surface area contributed by atoms with Crippen molar-refractivity contribution in [1.29, 1.82) is 0 Å². The van der Waals surface area contributed by atoms with Crippen molar-refractivity contribution in [1.82, 2.24) is 0 Å². The fraction of sp³-hybridized carbons (Fsp3) is 0.556. The van der Waals surface area contributed by atoms with Gasteiger partial charge in [-0.25, -0.2) is 9.59 Å². The van der Waals surface area contributed by atoms with Crippen molar-refractivity contribution in [3.05, 3.63) is 11.6 Å². The number of rotatable bonds is 4. The van der Waals surface area contributed by atoms with E-state index in [-0.39, 0.29) is 5.57 Å². The van der Waals surface area contributed by atoms with Crippen LogP contribution in [0.15, 0.2) is 11.6 Å². The summed E-state index contributed by atoms with van der Waals surface area (Å²) in [5.41, 5.74) is 0.250. The van der Waals surface area contributed by atoms with Crippen molar-refractivity contribution < 1.29 is 19.1 Å². The van der Waals surface area contributed by atoms with Crippen LogP contribution in [0.25, 0.3) is 0 Å². The zero-order chi connectivity index (χ0) is 10.3. The summed E-state index contributed by atoms with van der Waals surface area (Å²) in [7, 11) is 0.